The number of aliphatic hydroxyl groups is 1. The summed E-state index contributed by atoms with van der Waals surface area (Å²) in [6, 6.07) is 0.882. The van der Waals surface area contributed by atoms with Crippen molar-refractivity contribution in [3.8, 4) is 0 Å². The van der Waals surface area contributed by atoms with Crippen LogP contribution in [-0.4, -0.2) is 41.3 Å². The Labute approximate surface area is 86.3 Å². The summed E-state index contributed by atoms with van der Waals surface area (Å²) in [4.78, 5) is 2.41. The van der Waals surface area contributed by atoms with Crippen molar-refractivity contribution in [3.63, 3.8) is 0 Å². The van der Waals surface area contributed by atoms with Crippen LogP contribution in [0.2, 0.25) is 0 Å². The highest BCUT2D eigenvalue weighted by atomic mass is 16.3. The van der Waals surface area contributed by atoms with Crippen LogP contribution in [0.5, 0.6) is 0 Å². The SMILES string of the molecule is CC1CCN(C2CCCC2N)CC1O. The summed E-state index contributed by atoms with van der Waals surface area (Å²) in [5.41, 5.74) is 6.07. The van der Waals surface area contributed by atoms with Gasteiger partial charge in [0.25, 0.3) is 0 Å². The summed E-state index contributed by atoms with van der Waals surface area (Å²) in [6.07, 6.45) is 4.62. The molecule has 4 atom stereocenters. The zero-order valence-corrected chi connectivity index (χ0v) is 9.02. The van der Waals surface area contributed by atoms with E-state index in [-0.39, 0.29) is 6.10 Å². The molecule has 3 heteroatoms. The van der Waals surface area contributed by atoms with Crippen molar-refractivity contribution in [1.29, 1.82) is 0 Å². The number of hydrogen-bond acceptors (Lipinski definition) is 3. The number of aliphatic hydroxyl groups excluding tert-OH is 1. The van der Waals surface area contributed by atoms with E-state index in [2.05, 4.69) is 11.8 Å². The molecule has 0 bridgehead atoms. The predicted octanol–water partition coefficient (Wildman–Crippen LogP) is 0.569. The van der Waals surface area contributed by atoms with Gasteiger partial charge in [0.15, 0.2) is 0 Å². The van der Waals surface area contributed by atoms with Gasteiger partial charge in [-0.05, 0) is 31.7 Å². The Balaban J connectivity index is 1.92. The number of nitrogens with zero attached hydrogens (tertiary/aromatic N) is 1. The Kier molecular flexibility index (Phi) is 3.10. The van der Waals surface area contributed by atoms with Crippen molar-refractivity contribution in [2.24, 2.45) is 11.7 Å². The van der Waals surface area contributed by atoms with Gasteiger partial charge in [-0.2, -0.15) is 0 Å². The van der Waals surface area contributed by atoms with Crippen LogP contribution in [0.15, 0.2) is 0 Å². The van der Waals surface area contributed by atoms with Crippen molar-refractivity contribution >= 4 is 0 Å². The lowest BCUT2D eigenvalue weighted by Crippen LogP contribution is -2.52. The fourth-order valence-corrected chi connectivity index (χ4v) is 2.80. The first-order valence-electron chi connectivity index (χ1n) is 5.86. The maximum Gasteiger partial charge on any atom is 0.0693 e. The highest BCUT2D eigenvalue weighted by Crippen LogP contribution is 2.27. The molecule has 3 nitrogen and oxygen atoms in total. The maximum atomic E-state index is 9.81. The van der Waals surface area contributed by atoms with E-state index < -0.39 is 0 Å². The van der Waals surface area contributed by atoms with E-state index in [4.69, 9.17) is 5.73 Å². The van der Waals surface area contributed by atoms with Gasteiger partial charge in [-0.1, -0.05) is 13.3 Å². The van der Waals surface area contributed by atoms with Gasteiger partial charge in [0, 0.05) is 18.6 Å². The number of hydrogen-bond donors (Lipinski definition) is 2. The molecule has 4 unspecified atom stereocenters. The summed E-state index contributed by atoms with van der Waals surface area (Å²) < 4.78 is 0. The smallest absolute Gasteiger partial charge is 0.0693 e. The van der Waals surface area contributed by atoms with Gasteiger partial charge in [0.1, 0.15) is 0 Å². The topological polar surface area (TPSA) is 49.5 Å². The first kappa shape index (κ1) is 10.4. The second kappa shape index (κ2) is 4.17. The standard InChI is InChI=1S/C11H22N2O/c1-8-5-6-13(7-11(8)14)10-4-2-3-9(10)12/h8-11,14H,2-7,12H2,1H3. The molecule has 0 aromatic rings. The lowest BCUT2D eigenvalue weighted by Gasteiger charge is -2.39. The number of β-amino-alcohol motifs (C(OH)–C–C–N with tert-alkyl or cyclic N) is 1. The zero-order chi connectivity index (χ0) is 10.1. The highest BCUT2D eigenvalue weighted by molar-refractivity contribution is 4.91. The van der Waals surface area contributed by atoms with Crippen LogP contribution in [0, 0.1) is 5.92 Å². The average Bonchev–Trinajstić information content (AvgIpc) is 2.57. The number of piperidine rings is 1. The monoisotopic (exact) mass is 198 g/mol. The van der Waals surface area contributed by atoms with Crippen molar-refractivity contribution in [1.82, 2.24) is 4.90 Å². The first-order chi connectivity index (χ1) is 6.68. The number of rotatable bonds is 1. The van der Waals surface area contributed by atoms with Crippen molar-refractivity contribution < 1.29 is 5.11 Å². The van der Waals surface area contributed by atoms with Crippen LogP contribution >= 0.6 is 0 Å². The molecule has 0 radical (unpaired) electrons. The summed E-state index contributed by atoms with van der Waals surface area (Å²) in [5, 5.41) is 9.81. The second-order valence-electron chi connectivity index (χ2n) is 4.99. The van der Waals surface area contributed by atoms with Crippen LogP contribution in [0.4, 0.5) is 0 Å². The Morgan fingerprint density at radius 3 is 2.64 bits per heavy atom. The Hall–Kier alpha value is -0.120. The van der Waals surface area contributed by atoms with Gasteiger partial charge >= 0.3 is 0 Å². The summed E-state index contributed by atoms with van der Waals surface area (Å²) in [7, 11) is 0. The van der Waals surface area contributed by atoms with E-state index in [0.717, 1.165) is 25.9 Å². The van der Waals surface area contributed by atoms with Crippen LogP contribution < -0.4 is 5.73 Å². The van der Waals surface area contributed by atoms with Gasteiger partial charge in [-0.3, -0.25) is 4.90 Å². The highest BCUT2D eigenvalue weighted by Gasteiger charge is 2.34. The lowest BCUT2D eigenvalue weighted by molar-refractivity contribution is 0.00849. The molecule has 0 spiro atoms. The zero-order valence-electron chi connectivity index (χ0n) is 9.02. The van der Waals surface area contributed by atoms with Crippen LogP contribution in [0.3, 0.4) is 0 Å². The van der Waals surface area contributed by atoms with E-state index in [9.17, 15) is 5.11 Å². The molecule has 1 saturated carbocycles. The van der Waals surface area contributed by atoms with Crippen LogP contribution in [0.1, 0.15) is 32.6 Å². The minimum Gasteiger partial charge on any atom is -0.392 e. The van der Waals surface area contributed by atoms with E-state index in [1.807, 2.05) is 0 Å². The minimum absolute atomic E-state index is 0.142. The van der Waals surface area contributed by atoms with Crippen LogP contribution in [-0.2, 0) is 0 Å². The molecular formula is C11H22N2O. The molecule has 1 saturated heterocycles. The van der Waals surface area contributed by atoms with Crippen molar-refractivity contribution in [2.45, 2.75) is 50.8 Å². The van der Waals surface area contributed by atoms with Gasteiger partial charge in [-0.15, -0.1) is 0 Å². The summed E-state index contributed by atoms with van der Waals surface area (Å²) in [6.45, 7) is 4.09. The molecule has 3 N–H and O–H groups in total. The average molecular weight is 198 g/mol. The normalized spacial score (nSPS) is 45.6. The van der Waals surface area contributed by atoms with E-state index >= 15 is 0 Å². The Bertz CT molecular complexity index is 198. The molecule has 2 aliphatic rings. The van der Waals surface area contributed by atoms with E-state index in [0.29, 0.717) is 18.0 Å². The molecule has 2 fully saturated rings. The fourth-order valence-electron chi connectivity index (χ4n) is 2.80. The summed E-state index contributed by atoms with van der Waals surface area (Å²) >= 11 is 0. The minimum atomic E-state index is -0.142. The number of likely N-dealkylation sites (tertiary alicyclic amines) is 1. The Morgan fingerprint density at radius 2 is 2.07 bits per heavy atom. The van der Waals surface area contributed by atoms with Gasteiger partial charge in [-0.25, -0.2) is 0 Å². The van der Waals surface area contributed by atoms with Gasteiger partial charge in [0.2, 0.25) is 0 Å². The third-order valence-electron chi connectivity index (χ3n) is 3.95. The van der Waals surface area contributed by atoms with E-state index in [1.54, 1.807) is 0 Å². The molecular weight excluding hydrogens is 176 g/mol. The lowest BCUT2D eigenvalue weighted by atomic mass is 9.94. The number of nitrogens with two attached hydrogens (primary N) is 1. The largest absolute Gasteiger partial charge is 0.392 e. The molecule has 1 heterocycles. The third kappa shape index (κ3) is 1.95. The molecule has 1 aliphatic heterocycles. The fraction of sp³-hybridized carbons (Fsp3) is 1.00. The molecule has 82 valence electrons. The van der Waals surface area contributed by atoms with Crippen LogP contribution in [0.25, 0.3) is 0 Å². The molecule has 1 aliphatic carbocycles. The maximum absolute atomic E-state index is 9.81. The molecule has 0 amide bonds. The first-order valence-corrected chi connectivity index (χ1v) is 5.86. The summed E-state index contributed by atoms with van der Waals surface area (Å²) in [5.74, 6) is 0.462. The van der Waals surface area contributed by atoms with Crippen molar-refractivity contribution in [2.75, 3.05) is 13.1 Å². The molecule has 0 aromatic heterocycles. The van der Waals surface area contributed by atoms with E-state index in [1.165, 1.54) is 12.8 Å². The van der Waals surface area contributed by atoms with Crippen molar-refractivity contribution in [3.05, 3.63) is 0 Å². The molecule has 0 aromatic carbocycles. The second-order valence-corrected chi connectivity index (χ2v) is 4.99. The molecule has 2 rings (SSSR count). The third-order valence-corrected chi connectivity index (χ3v) is 3.95. The van der Waals surface area contributed by atoms with Gasteiger partial charge in [0.05, 0.1) is 6.10 Å². The Morgan fingerprint density at radius 1 is 1.29 bits per heavy atom. The quantitative estimate of drug-likeness (QED) is 0.647. The molecule has 14 heavy (non-hydrogen) atoms. The van der Waals surface area contributed by atoms with Gasteiger partial charge < -0.3 is 10.8 Å². The predicted molar refractivity (Wildman–Crippen MR) is 57.0 cm³/mol.